The van der Waals surface area contributed by atoms with Gasteiger partial charge in [-0.15, -0.1) is 0 Å². The van der Waals surface area contributed by atoms with Gasteiger partial charge in [-0.25, -0.2) is 19.6 Å². The number of aryl methyl sites for hydroxylation is 3. The zero-order valence-electron chi connectivity index (χ0n) is 22.9. The summed E-state index contributed by atoms with van der Waals surface area (Å²) in [5, 5.41) is 6.13. The number of nitrogens with zero attached hydrogens (tertiary/aromatic N) is 7. The molecule has 0 radical (unpaired) electrons. The fourth-order valence-corrected chi connectivity index (χ4v) is 6.60. The predicted molar refractivity (Wildman–Crippen MR) is 153 cm³/mol. The summed E-state index contributed by atoms with van der Waals surface area (Å²) in [6, 6.07) is 12.7. The second-order valence-electron chi connectivity index (χ2n) is 11.0. The maximum Gasteiger partial charge on any atom is 0.246 e. The molecule has 0 aliphatic carbocycles. The van der Waals surface area contributed by atoms with Crippen LogP contribution in [0.25, 0.3) is 33.3 Å². The van der Waals surface area contributed by atoms with Crippen LogP contribution in [-0.2, 0) is 11.8 Å². The standard InChI is InChI=1S/C31H31N7O2/c1-5-28(39)37-21-7-8-22(37)14-23(13-21)38-31-29(19(3)32-16-33-31)30(35-38)20-6-11-27(18(2)12-20)40-24-9-10-26-25(15-24)34-17-36(26)4/h5-6,9-12,15-17,21-23H,1,7-8,13-14H2,2-4H3/t21-,22+,23?. The Morgan fingerprint density at radius 1 is 1.02 bits per heavy atom. The summed E-state index contributed by atoms with van der Waals surface area (Å²) in [5.74, 6) is 1.57. The molecule has 9 heteroatoms. The highest BCUT2D eigenvalue weighted by Gasteiger charge is 2.43. The second-order valence-corrected chi connectivity index (χ2v) is 11.0. The highest BCUT2D eigenvalue weighted by atomic mass is 16.5. The number of hydrogen-bond acceptors (Lipinski definition) is 6. The Morgan fingerprint density at radius 2 is 1.82 bits per heavy atom. The summed E-state index contributed by atoms with van der Waals surface area (Å²) in [6.07, 6.45) is 8.63. The fourth-order valence-electron chi connectivity index (χ4n) is 6.60. The highest BCUT2D eigenvalue weighted by molar-refractivity contribution is 5.93. The molecule has 1 unspecified atom stereocenters. The van der Waals surface area contributed by atoms with E-state index in [0.29, 0.717) is 0 Å². The van der Waals surface area contributed by atoms with Crippen molar-refractivity contribution in [1.82, 2.24) is 34.2 Å². The molecule has 5 aromatic rings. The van der Waals surface area contributed by atoms with Crippen molar-refractivity contribution in [3.8, 4) is 22.8 Å². The third kappa shape index (κ3) is 3.87. The lowest BCUT2D eigenvalue weighted by molar-refractivity contribution is -0.130. The molecule has 2 bridgehead atoms. The topological polar surface area (TPSA) is 91.0 Å². The first-order valence-corrected chi connectivity index (χ1v) is 13.8. The van der Waals surface area contributed by atoms with E-state index in [2.05, 4.69) is 38.3 Å². The lowest BCUT2D eigenvalue weighted by Crippen LogP contribution is -2.46. The van der Waals surface area contributed by atoms with Crippen LogP contribution in [-0.4, -0.2) is 52.2 Å². The molecule has 40 heavy (non-hydrogen) atoms. The minimum absolute atomic E-state index is 0.0351. The van der Waals surface area contributed by atoms with Crippen molar-refractivity contribution >= 4 is 28.0 Å². The Labute approximate surface area is 232 Å². The Balaban J connectivity index is 1.22. The first-order valence-electron chi connectivity index (χ1n) is 13.8. The number of ether oxygens (including phenoxy) is 1. The minimum Gasteiger partial charge on any atom is -0.457 e. The van der Waals surface area contributed by atoms with Gasteiger partial charge in [0.25, 0.3) is 0 Å². The van der Waals surface area contributed by atoms with E-state index in [-0.39, 0.29) is 24.0 Å². The summed E-state index contributed by atoms with van der Waals surface area (Å²) in [5.41, 5.74) is 6.57. The Hall–Kier alpha value is -4.53. The van der Waals surface area contributed by atoms with E-state index >= 15 is 0 Å². The average Bonchev–Trinajstić information content (AvgIpc) is 3.61. The average molecular weight is 534 g/mol. The molecule has 2 aliphatic rings. The van der Waals surface area contributed by atoms with Crippen LogP contribution in [0.1, 0.15) is 43.0 Å². The maximum atomic E-state index is 12.5. The van der Waals surface area contributed by atoms with Crippen LogP contribution in [0, 0.1) is 13.8 Å². The number of aromatic nitrogens is 6. The monoisotopic (exact) mass is 533 g/mol. The van der Waals surface area contributed by atoms with Crippen LogP contribution < -0.4 is 4.74 Å². The first kappa shape index (κ1) is 24.5. The SMILES string of the molecule is C=CC(=O)N1[C@@H]2CC[C@H]1CC(n1nc(-c3ccc(Oc4ccc5c(c4)ncn5C)c(C)c3)c3c(C)ncnc31)C2. The van der Waals surface area contributed by atoms with Crippen LogP contribution in [0.2, 0.25) is 0 Å². The number of hydrogen-bond donors (Lipinski definition) is 0. The highest BCUT2D eigenvalue weighted by Crippen LogP contribution is 2.43. The van der Waals surface area contributed by atoms with Crippen molar-refractivity contribution in [2.24, 2.45) is 7.05 Å². The van der Waals surface area contributed by atoms with Gasteiger partial charge in [0.05, 0.1) is 34.5 Å². The van der Waals surface area contributed by atoms with Crippen molar-refractivity contribution in [2.75, 3.05) is 0 Å². The summed E-state index contributed by atoms with van der Waals surface area (Å²) >= 11 is 0. The molecule has 2 aromatic carbocycles. The molecule has 2 fully saturated rings. The zero-order chi connectivity index (χ0) is 27.5. The third-order valence-corrected chi connectivity index (χ3v) is 8.53. The Bertz CT molecular complexity index is 1790. The lowest BCUT2D eigenvalue weighted by atomic mass is 9.97. The molecule has 202 valence electrons. The smallest absolute Gasteiger partial charge is 0.246 e. The number of carbonyl (C=O) groups is 1. The molecular formula is C31H31N7O2. The number of amides is 1. The van der Waals surface area contributed by atoms with Gasteiger partial charge in [0.1, 0.15) is 23.5 Å². The van der Waals surface area contributed by atoms with Crippen LogP contribution in [0.5, 0.6) is 11.5 Å². The van der Waals surface area contributed by atoms with Gasteiger partial charge in [0.2, 0.25) is 5.91 Å². The number of carbonyl (C=O) groups excluding carboxylic acids is 1. The van der Waals surface area contributed by atoms with E-state index in [4.69, 9.17) is 9.84 Å². The lowest BCUT2D eigenvalue weighted by Gasteiger charge is -2.38. The Kier molecular flexibility index (Phi) is 5.69. The maximum absolute atomic E-state index is 12.5. The first-order chi connectivity index (χ1) is 19.4. The fraction of sp³-hybridized carbons (Fsp3) is 0.323. The number of rotatable bonds is 5. The van der Waals surface area contributed by atoms with Gasteiger partial charge in [-0.05, 0) is 81.5 Å². The largest absolute Gasteiger partial charge is 0.457 e. The molecule has 2 saturated heterocycles. The second kappa shape index (κ2) is 9.29. The van der Waals surface area contributed by atoms with E-state index in [1.807, 2.05) is 54.6 Å². The van der Waals surface area contributed by atoms with Gasteiger partial charge in [-0.2, -0.15) is 5.10 Å². The molecule has 0 N–H and O–H groups in total. The zero-order valence-corrected chi connectivity index (χ0v) is 22.9. The summed E-state index contributed by atoms with van der Waals surface area (Å²) in [6.45, 7) is 7.76. The van der Waals surface area contributed by atoms with Crippen LogP contribution in [0.3, 0.4) is 0 Å². The Morgan fingerprint density at radius 3 is 2.58 bits per heavy atom. The molecule has 0 spiro atoms. The molecule has 5 heterocycles. The minimum atomic E-state index is 0.0351. The van der Waals surface area contributed by atoms with E-state index in [0.717, 1.165) is 81.8 Å². The summed E-state index contributed by atoms with van der Waals surface area (Å²) in [4.78, 5) is 28.2. The van der Waals surface area contributed by atoms with E-state index < -0.39 is 0 Å². The van der Waals surface area contributed by atoms with E-state index in [1.54, 1.807) is 12.7 Å². The number of benzene rings is 2. The van der Waals surface area contributed by atoms with Gasteiger partial charge < -0.3 is 14.2 Å². The van der Waals surface area contributed by atoms with E-state index in [9.17, 15) is 4.79 Å². The molecule has 9 nitrogen and oxygen atoms in total. The van der Waals surface area contributed by atoms with Crippen LogP contribution >= 0.6 is 0 Å². The van der Waals surface area contributed by atoms with Crippen molar-refractivity contribution < 1.29 is 9.53 Å². The quantitative estimate of drug-likeness (QED) is 0.270. The molecule has 3 atom stereocenters. The number of piperidine rings is 1. The van der Waals surface area contributed by atoms with Crippen molar-refractivity contribution in [3.05, 3.63) is 73.0 Å². The van der Waals surface area contributed by atoms with Crippen LogP contribution in [0.15, 0.2) is 61.7 Å². The van der Waals surface area contributed by atoms with Crippen molar-refractivity contribution in [3.63, 3.8) is 0 Å². The molecule has 2 aliphatic heterocycles. The predicted octanol–water partition coefficient (Wildman–Crippen LogP) is 5.67. The molecule has 1 amide bonds. The molecule has 0 saturated carbocycles. The van der Waals surface area contributed by atoms with Gasteiger partial charge in [-0.3, -0.25) is 4.79 Å². The number of fused-ring (bicyclic) bond motifs is 4. The van der Waals surface area contributed by atoms with Gasteiger partial charge in [0, 0.05) is 30.8 Å². The third-order valence-electron chi connectivity index (χ3n) is 8.53. The van der Waals surface area contributed by atoms with Crippen LogP contribution in [0.4, 0.5) is 0 Å². The molecule has 3 aromatic heterocycles. The van der Waals surface area contributed by atoms with Crippen molar-refractivity contribution in [2.45, 2.75) is 57.7 Å². The summed E-state index contributed by atoms with van der Waals surface area (Å²) < 4.78 is 10.3. The van der Waals surface area contributed by atoms with Gasteiger partial charge in [0.15, 0.2) is 5.65 Å². The van der Waals surface area contributed by atoms with Gasteiger partial charge >= 0.3 is 0 Å². The number of imidazole rings is 1. The molecular weight excluding hydrogens is 502 g/mol. The van der Waals surface area contributed by atoms with Gasteiger partial charge in [-0.1, -0.05) is 6.58 Å². The van der Waals surface area contributed by atoms with Crippen molar-refractivity contribution in [1.29, 1.82) is 0 Å². The van der Waals surface area contributed by atoms with E-state index in [1.165, 1.54) is 6.08 Å². The molecule has 7 rings (SSSR count). The summed E-state index contributed by atoms with van der Waals surface area (Å²) in [7, 11) is 1.98. The normalized spacial score (nSPS) is 20.4.